The lowest BCUT2D eigenvalue weighted by Gasteiger charge is -2.44. The Kier molecular flexibility index (Phi) is 6.80. The molecule has 2 aromatic rings. The van der Waals surface area contributed by atoms with Gasteiger partial charge in [-0.25, -0.2) is 0 Å². The summed E-state index contributed by atoms with van der Waals surface area (Å²) in [6.07, 6.45) is 5.23. The molecule has 3 heteroatoms. The van der Waals surface area contributed by atoms with E-state index < -0.39 is 8.32 Å². The molecule has 1 fully saturated rings. The van der Waals surface area contributed by atoms with Gasteiger partial charge in [-0.3, -0.25) is 0 Å². The van der Waals surface area contributed by atoms with Crippen LogP contribution in [0.15, 0.2) is 60.7 Å². The first-order chi connectivity index (χ1) is 13.3. The second-order valence-electron chi connectivity index (χ2n) is 9.73. The summed E-state index contributed by atoms with van der Waals surface area (Å²) in [4.78, 5) is 0. The molecule has 152 valence electrons. The van der Waals surface area contributed by atoms with Crippen molar-refractivity contribution in [3.63, 3.8) is 0 Å². The van der Waals surface area contributed by atoms with Crippen molar-refractivity contribution in [3.05, 3.63) is 71.8 Å². The zero-order chi connectivity index (χ0) is 20.2. The normalized spacial score (nSPS) is 21.1. The molecule has 0 bridgehead atoms. The molecule has 3 rings (SSSR count). The SMILES string of the molecule is CC(C)(C)[Si](C)(C)OC1CCCCC1NC(c1ccccc1)c1ccccc1. The van der Waals surface area contributed by atoms with Gasteiger partial charge in [0.1, 0.15) is 0 Å². The summed E-state index contributed by atoms with van der Waals surface area (Å²) >= 11 is 0. The molecule has 28 heavy (non-hydrogen) atoms. The smallest absolute Gasteiger partial charge is 0.192 e. The third-order valence-electron chi connectivity index (χ3n) is 6.60. The monoisotopic (exact) mass is 395 g/mol. The molecule has 1 saturated carbocycles. The summed E-state index contributed by atoms with van der Waals surface area (Å²) < 4.78 is 6.90. The lowest BCUT2D eigenvalue weighted by molar-refractivity contribution is 0.0957. The third kappa shape index (κ3) is 5.14. The van der Waals surface area contributed by atoms with Crippen molar-refractivity contribution in [2.75, 3.05) is 0 Å². The van der Waals surface area contributed by atoms with Gasteiger partial charge >= 0.3 is 0 Å². The van der Waals surface area contributed by atoms with Gasteiger partial charge in [0.15, 0.2) is 8.32 Å². The van der Waals surface area contributed by atoms with E-state index in [-0.39, 0.29) is 11.1 Å². The lowest BCUT2D eigenvalue weighted by Crippen LogP contribution is -2.52. The Morgan fingerprint density at radius 3 is 1.86 bits per heavy atom. The molecule has 1 aliphatic carbocycles. The van der Waals surface area contributed by atoms with E-state index in [9.17, 15) is 0 Å². The first kappa shape index (κ1) is 21.3. The molecule has 0 spiro atoms. The van der Waals surface area contributed by atoms with Crippen molar-refractivity contribution in [2.45, 2.75) is 82.8 Å². The number of nitrogens with one attached hydrogen (secondary N) is 1. The summed E-state index contributed by atoms with van der Waals surface area (Å²) in [5.41, 5.74) is 2.65. The van der Waals surface area contributed by atoms with E-state index in [0.29, 0.717) is 12.1 Å². The first-order valence-electron chi connectivity index (χ1n) is 10.8. The van der Waals surface area contributed by atoms with Gasteiger partial charge in [-0.15, -0.1) is 0 Å². The molecule has 1 aliphatic rings. The minimum atomic E-state index is -1.78. The Balaban J connectivity index is 1.84. The number of rotatable bonds is 6. The molecular formula is C25H37NOSi. The second-order valence-corrected chi connectivity index (χ2v) is 14.5. The van der Waals surface area contributed by atoms with E-state index in [2.05, 4.69) is 99.8 Å². The molecule has 0 saturated heterocycles. The topological polar surface area (TPSA) is 21.3 Å². The van der Waals surface area contributed by atoms with Crippen LogP contribution in [0.4, 0.5) is 0 Å². The molecule has 0 radical (unpaired) electrons. The van der Waals surface area contributed by atoms with Crippen LogP contribution in [0.1, 0.15) is 63.6 Å². The van der Waals surface area contributed by atoms with E-state index in [0.717, 1.165) is 0 Å². The Hall–Kier alpha value is -1.42. The Morgan fingerprint density at radius 2 is 1.36 bits per heavy atom. The van der Waals surface area contributed by atoms with Crippen LogP contribution in [-0.4, -0.2) is 20.5 Å². The van der Waals surface area contributed by atoms with Crippen LogP contribution < -0.4 is 5.32 Å². The van der Waals surface area contributed by atoms with Gasteiger partial charge in [-0.2, -0.15) is 0 Å². The van der Waals surface area contributed by atoms with Crippen LogP contribution in [0.2, 0.25) is 18.1 Å². The summed E-state index contributed by atoms with van der Waals surface area (Å²) in [5, 5.41) is 4.25. The van der Waals surface area contributed by atoms with E-state index in [1.165, 1.54) is 36.8 Å². The highest BCUT2D eigenvalue weighted by Gasteiger charge is 2.41. The maximum Gasteiger partial charge on any atom is 0.192 e. The lowest BCUT2D eigenvalue weighted by atomic mass is 9.90. The number of benzene rings is 2. The van der Waals surface area contributed by atoms with Crippen LogP contribution in [0, 0.1) is 0 Å². The first-order valence-corrected chi connectivity index (χ1v) is 13.7. The molecule has 0 aliphatic heterocycles. The quantitative estimate of drug-likeness (QED) is 0.550. The van der Waals surface area contributed by atoms with E-state index in [1.54, 1.807) is 0 Å². The molecule has 2 nitrogen and oxygen atoms in total. The van der Waals surface area contributed by atoms with Crippen molar-refractivity contribution in [1.29, 1.82) is 0 Å². The highest BCUT2D eigenvalue weighted by atomic mass is 28.4. The third-order valence-corrected chi connectivity index (χ3v) is 11.1. The van der Waals surface area contributed by atoms with Crippen molar-refractivity contribution < 1.29 is 4.43 Å². The van der Waals surface area contributed by atoms with Gasteiger partial charge < -0.3 is 9.74 Å². The van der Waals surface area contributed by atoms with Gasteiger partial charge in [0, 0.05) is 6.04 Å². The Morgan fingerprint density at radius 1 is 0.857 bits per heavy atom. The predicted octanol–water partition coefficient (Wildman–Crippen LogP) is 6.70. The van der Waals surface area contributed by atoms with Crippen LogP contribution in [-0.2, 0) is 4.43 Å². The number of hydrogen-bond donors (Lipinski definition) is 1. The number of hydrogen-bond acceptors (Lipinski definition) is 2. The zero-order valence-electron chi connectivity index (χ0n) is 18.2. The fourth-order valence-corrected chi connectivity index (χ4v) is 5.27. The summed E-state index contributed by atoms with van der Waals surface area (Å²) in [5.74, 6) is 0. The molecule has 2 aromatic carbocycles. The second kappa shape index (κ2) is 8.94. The highest BCUT2D eigenvalue weighted by Crippen LogP contribution is 2.39. The van der Waals surface area contributed by atoms with Crippen LogP contribution in [0.5, 0.6) is 0 Å². The van der Waals surface area contributed by atoms with Crippen LogP contribution in [0.3, 0.4) is 0 Å². The maximum atomic E-state index is 6.90. The molecule has 0 heterocycles. The van der Waals surface area contributed by atoms with Crippen LogP contribution >= 0.6 is 0 Å². The molecule has 1 N–H and O–H groups in total. The van der Waals surface area contributed by atoms with Gasteiger partial charge in [0.2, 0.25) is 0 Å². The largest absolute Gasteiger partial charge is 0.412 e. The molecule has 0 aromatic heterocycles. The van der Waals surface area contributed by atoms with Gasteiger partial charge in [0.05, 0.1) is 12.1 Å². The van der Waals surface area contributed by atoms with Gasteiger partial charge in [-0.1, -0.05) is 94.3 Å². The average molecular weight is 396 g/mol. The predicted molar refractivity (Wildman–Crippen MR) is 122 cm³/mol. The van der Waals surface area contributed by atoms with E-state index in [1.807, 2.05) is 0 Å². The van der Waals surface area contributed by atoms with Crippen molar-refractivity contribution >= 4 is 8.32 Å². The Labute approximate surface area is 172 Å². The van der Waals surface area contributed by atoms with Crippen molar-refractivity contribution in [3.8, 4) is 0 Å². The Bertz CT molecular complexity index is 684. The molecule has 0 amide bonds. The summed E-state index contributed by atoms with van der Waals surface area (Å²) in [6.45, 7) is 11.8. The van der Waals surface area contributed by atoms with Crippen molar-refractivity contribution in [1.82, 2.24) is 5.32 Å². The van der Waals surface area contributed by atoms with Gasteiger partial charge in [0.25, 0.3) is 0 Å². The maximum absolute atomic E-state index is 6.90. The summed E-state index contributed by atoms with van der Waals surface area (Å²) in [7, 11) is -1.78. The highest BCUT2D eigenvalue weighted by molar-refractivity contribution is 6.74. The van der Waals surface area contributed by atoms with Gasteiger partial charge in [-0.05, 0) is 42.1 Å². The summed E-state index contributed by atoms with van der Waals surface area (Å²) in [6, 6.07) is 22.3. The van der Waals surface area contributed by atoms with E-state index >= 15 is 0 Å². The van der Waals surface area contributed by atoms with Crippen molar-refractivity contribution in [2.24, 2.45) is 0 Å². The zero-order valence-corrected chi connectivity index (χ0v) is 19.2. The van der Waals surface area contributed by atoms with E-state index in [4.69, 9.17) is 4.43 Å². The fourth-order valence-electron chi connectivity index (χ4n) is 3.87. The minimum absolute atomic E-state index is 0.205. The fraction of sp³-hybridized carbons (Fsp3) is 0.520. The van der Waals surface area contributed by atoms with Crippen LogP contribution in [0.25, 0.3) is 0 Å². The molecule has 2 unspecified atom stereocenters. The average Bonchev–Trinajstić information content (AvgIpc) is 2.67. The molecule has 2 atom stereocenters. The standard InChI is InChI=1S/C25H37NOSi/c1-25(2,3)28(4,5)27-23-19-13-12-18-22(23)26-24(20-14-8-6-9-15-20)21-16-10-7-11-17-21/h6-11,14-17,22-24,26H,12-13,18-19H2,1-5H3. The minimum Gasteiger partial charge on any atom is -0.412 e. The molecular weight excluding hydrogens is 358 g/mol.